The molecule has 2 fully saturated rings. The van der Waals surface area contributed by atoms with Gasteiger partial charge in [-0.25, -0.2) is 0 Å². The molecule has 124 valence electrons. The summed E-state index contributed by atoms with van der Waals surface area (Å²) in [6.45, 7) is 12.9. The summed E-state index contributed by atoms with van der Waals surface area (Å²) in [5.74, 6) is 0.448. The van der Waals surface area contributed by atoms with E-state index in [4.69, 9.17) is 4.74 Å². The van der Waals surface area contributed by atoms with Crippen LogP contribution < -0.4 is 0 Å². The zero-order valence-corrected chi connectivity index (χ0v) is 14.9. The molecular formula is C19H30O3. The lowest BCUT2D eigenvalue weighted by molar-refractivity contribution is -0.146. The molecule has 22 heavy (non-hydrogen) atoms. The molecule has 0 heterocycles. The van der Waals surface area contributed by atoms with E-state index in [2.05, 4.69) is 34.6 Å². The summed E-state index contributed by atoms with van der Waals surface area (Å²) in [7, 11) is 0. The first kappa shape index (κ1) is 17.2. The SMILES string of the molecule is CCOC(=O)C(/C=C1/C(=O)C2(C)CCC1C2(C)C)CC(C)C. The first-order chi connectivity index (χ1) is 10.1. The van der Waals surface area contributed by atoms with Gasteiger partial charge in [0.25, 0.3) is 0 Å². The first-order valence-corrected chi connectivity index (χ1v) is 8.58. The Morgan fingerprint density at radius 1 is 1.36 bits per heavy atom. The Kier molecular flexibility index (Phi) is 4.56. The lowest BCUT2D eigenvalue weighted by Crippen LogP contribution is -2.32. The van der Waals surface area contributed by atoms with Gasteiger partial charge in [0.05, 0.1) is 12.5 Å². The van der Waals surface area contributed by atoms with Gasteiger partial charge in [-0.05, 0) is 49.0 Å². The summed E-state index contributed by atoms with van der Waals surface area (Å²) in [6.07, 6.45) is 4.70. The van der Waals surface area contributed by atoms with E-state index in [1.165, 1.54) is 0 Å². The highest BCUT2D eigenvalue weighted by Crippen LogP contribution is 2.65. The monoisotopic (exact) mass is 306 g/mol. The molecule has 3 heteroatoms. The number of hydrogen-bond donors (Lipinski definition) is 0. The number of rotatable bonds is 5. The van der Waals surface area contributed by atoms with Gasteiger partial charge in [0.1, 0.15) is 0 Å². The van der Waals surface area contributed by atoms with E-state index in [9.17, 15) is 9.59 Å². The Labute approximate surface area is 134 Å². The van der Waals surface area contributed by atoms with Crippen molar-refractivity contribution in [3.05, 3.63) is 11.6 Å². The molecule has 0 N–H and O–H groups in total. The summed E-state index contributed by atoms with van der Waals surface area (Å²) >= 11 is 0. The topological polar surface area (TPSA) is 43.4 Å². The quantitative estimate of drug-likeness (QED) is 0.566. The van der Waals surface area contributed by atoms with Gasteiger partial charge in [0.2, 0.25) is 0 Å². The molecule has 0 amide bonds. The molecule has 2 aliphatic carbocycles. The molecule has 3 nitrogen and oxygen atoms in total. The maximum absolute atomic E-state index is 12.9. The minimum absolute atomic E-state index is 0.00699. The molecule has 0 radical (unpaired) electrons. The van der Waals surface area contributed by atoms with Crippen molar-refractivity contribution in [3.63, 3.8) is 0 Å². The first-order valence-electron chi connectivity index (χ1n) is 8.58. The molecule has 2 bridgehead atoms. The summed E-state index contributed by atoms with van der Waals surface area (Å²) in [4.78, 5) is 25.1. The van der Waals surface area contributed by atoms with Crippen LogP contribution in [0.5, 0.6) is 0 Å². The van der Waals surface area contributed by atoms with Crippen molar-refractivity contribution in [3.8, 4) is 0 Å². The van der Waals surface area contributed by atoms with E-state index in [0.29, 0.717) is 12.5 Å². The molecule has 0 aromatic rings. The lowest BCUT2D eigenvalue weighted by atomic mass is 9.70. The van der Waals surface area contributed by atoms with Crippen LogP contribution >= 0.6 is 0 Å². The predicted octanol–water partition coefficient (Wildman–Crippen LogP) is 4.16. The molecule has 3 unspecified atom stereocenters. The second kappa shape index (κ2) is 5.82. The smallest absolute Gasteiger partial charge is 0.312 e. The third-order valence-corrected chi connectivity index (χ3v) is 6.06. The third-order valence-electron chi connectivity index (χ3n) is 6.06. The maximum atomic E-state index is 12.9. The number of Topliss-reactive ketones (excluding diaryl/α,β-unsaturated/α-hetero) is 1. The number of allylic oxidation sites excluding steroid dienone is 1. The summed E-state index contributed by atoms with van der Waals surface area (Å²) < 4.78 is 5.21. The fraction of sp³-hybridized carbons (Fsp3) is 0.789. The lowest BCUT2D eigenvalue weighted by Gasteiger charge is -2.31. The molecule has 0 aliphatic heterocycles. The van der Waals surface area contributed by atoms with Crippen LogP contribution in [0.4, 0.5) is 0 Å². The Morgan fingerprint density at radius 3 is 2.45 bits per heavy atom. The van der Waals surface area contributed by atoms with Gasteiger partial charge in [0, 0.05) is 5.41 Å². The number of fused-ring (bicyclic) bond motifs is 2. The average Bonchev–Trinajstić information content (AvgIpc) is 2.72. The Morgan fingerprint density at radius 2 is 2.00 bits per heavy atom. The van der Waals surface area contributed by atoms with Crippen molar-refractivity contribution in [2.45, 2.75) is 60.8 Å². The average molecular weight is 306 g/mol. The number of ketones is 1. The van der Waals surface area contributed by atoms with E-state index in [0.717, 1.165) is 24.8 Å². The van der Waals surface area contributed by atoms with Crippen LogP contribution in [-0.2, 0) is 14.3 Å². The zero-order valence-electron chi connectivity index (χ0n) is 14.9. The minimum Gasteiger partial charge on any atom is -0.466 e. The molecular weight excluding hydrogens is 276 g/mol. The molecule has 0 aromatic carbocycles. The van der Waals surface area contributed by atoms with E-state index >= 15 is 0 Å². The summed E-state index contributed by atoms with van der Waals surface area (Å²) in [5.41, 5.74) is 0.616. The van der Waals surface area contributed by atoms with E-state index in [1.54, 1.807) is 0 Å². The van der Waals surface area contributed by atoms with Crippen molar-refractivity contribution in [1.29, 1.82) is 0 Å². The van der Waals surface area contributed by atoms with Crippen LogP contribution in [0.25, 0.3) is 0 Å². The van der Waals surface area contributed by atoms with Crippen molar-refractivity contribution in [2.24, 2.45) is 28.6 Å². The van der Waals surface area contributed by atoms with E-state index in [-0.39, 0.29) is 34.4 Å². The summed E-state index contributed by atoms with van der Waals surface area (Å²) in [6, 6.07) is 0. The fourth-order valence-electron chi connectivity index (χ4n) is 4.33. The van der Waals surface area contributed by atoms with Crippen LogP contribution in [0.3, 0.4) is 0 Å². The highest BCUT2D eigenvalue weighted by molar-refractivity contribution is 6.05. The largest absolute Gasteiger partial charge is 0.466 e. The van der Waals surface area contributed by atoms with Crippen LogP contribution in [0, 0.1) is 28.6 Å². The van der Waals surface area contributed by atoms with Crippen LogP contribution in [0.1, 0.15) is 60.8 Å². The van der Waals surface area contributed by atoms with E-state index in [1.807, 2.05) is 13.0 Å². The molecule has 0 spiro atoms. The maximum Gasteiger partial charge on any atom is 0.312 e. The Bertz CT molecular complexity index is 501. The molecule has 0 saturated heterocycles. The second-order valence-electron chi connectivity index (χ2n) is 8.08. The van der Waals surface area contributed by atoms with Gasteiger partial charge in [-0.15, -0.1) is 0 Å². The van der Waals surface area contributed by atoms with E-state index < -0.39 is 0 Å². The van der Waals surface area contributed by atoms with Gasteiger partial charge in [-0.3, -0.25) is 9.59 Å². The van der Waals surface area contributed by atoms with Crippen LogP contribution in [0.2, 0.25) is 0 Å². The van der Waals surface area contributed by atoms with Crippen LogP contribution in [0.15, 0.2) is 11.6 Å². The number of esters is 1. The number of hydrogen-bond acceptors (Lipinski definition) is 3. The highest BCUT2D eigenvalue weighted by atomic mass is 16.5. The standard InChI is InChI=1S/C19H30O3/c1-7-22-17(21)13(10-12(2)3)11-14-15-8-9-19(6,16(14)20)18(15,4)5/h11-13,15H,7-10H2,1-6H3/b14-11+. The van der Waals surface area contributed by atoms with Crippen LogP contribution in [-0.4, -0.2) is 18.4 Å². The van der Waals surface area contributed by atoms with Gasteiger partial charge >= 0.3 is 5.97 Å². The predicted molar refractivity (Wildman–Crippen MR) is 87.3 cm³/mol. The van der Waals surface area contributed by atoms with Crippen molar-refractivity contribution >= 4 is 11.8 Å². The van der Waals surface area contributed by atoms with Crippen molar-refractivity contribution < 1.29 is 14.3 Å². The van der Waals surface area contributed by atoms with Gasteiger partial charge in [-0.2, -0.15) is 0 Å². The highest BCUT2D eigenvalue weighted by Gasteiger charge is 2.63. The number of carbonyl (C=O) groups is 2. The molecule has 0 aromatic heterocycles. The number of ether oxygens (including phenoxy) is 1. The summed E-state index contributed by atoms with van der Waals surface area (Å²) in [5, 5.41) is 0. The van der Waals surface area contributed by atoms with Crippen molar-refractivity contribution in [1.82, 2.24) is 0 Å². The Hall–Kier alpha value is -1.12. The zero-order chi connectivity index (χ0) is 16.7. The van der Waals surface area contributed by atoms with Gasteiger partial charge < -0.3 is 4.74 Å². The molecule has 2 rings (SSSR count). The fourth-order valence-corrected chi connectivity index (χ4v) is 4.33. The number of carbonyl (C=O) groups excluding carboxylic acids is 2. The third kappa shape index (κ3) is 2.53. The minimum atomic E-state index is -0.294. The second-order valence-corrected chi connectivity index (χ2v) is 8.08. The Balaban J connectivity index is 2.33. The molecule has 3 atom stereocenters. The molecule has 2 aliphatic rings. The van der Waals surface area contributed by atoms with Gasteiger partial charge in [-0.1, -0.05) is 40.7 Å². The normalized spacial score (nSPS) is 32.8. The van der Waals surface area contributed by atoms with Gasteiger partial charge in [0.15, 0.2) is 5.78 Å². The van der Waals surface area contributed by atoms with Crippen molar-refractivity contribution in [2.75, 3.05) is 6.61 Å². The molecule has 2 saturated carbocycles.